The van der Waals surface area contributed by atoms with Gasteiger partial charge in [-0.2, -0.15) is 0 Å². The van der Waals surface area contributed by atoms with Crippen molar-refractivity contribution < 1.29 is 29.0 Å². The van der Waals surface area contributed by atoms with Gasteiger partial charge in [-0.25, -0.2) is 4.79 Å². The minimum atomic E-state index is -1.23. The van der Waals surface area contributed by atoms with Crippen LogP contribution in [0.4, 0.5) is 5.69 Å². The molecule has 224 valence electrons. The number of para-hydroxylation sites is 1. The second kappa shape index (κ2) is 15.4. The Morgan fingerprint density at radius 1 is 1.00 bits per heavy atom. The van der Waals surface area contributed by atoms with Crippen LogP contribution in [0.25, 0.3) is 6.08 Å². The largest absolute Gasteiger partial charge is 0.497 e. The lowest BCUT2D eigenvalue weighted by molar-refractivity contribution is -0.385. The van der Waals surface area contributed by atoms with Crippen molar-refractivity contribution in [1.29, 1.82) is 0 Å². The molecular weight excluding hydrogens is 538 g/mol. The predicted molar refractivity (Wildman–Crippen MR) is 161 cm³/mol. The summed E-state index contributed by atoms with van der Waals surface area (Å²) >= 11 is 0. The lowest BCUT2D eigenvalue weighted by Gasteiger charge is -2.26. The highest BCUT2D eigenvalue weighted by Crippen LogP contribution is 2.41. The van der Waals surface area contributed by atoms with Crippen LogP contribution in [0.5, 0.6) is 11.5 Å². The van der Waals surface area contributed by atoms with E-state index in [2.05, 4.69) is 25.7 Å². The van der Waals surface area contributed by atoms with Gasteiger partial charge in [-0.15, -0.1) is 0 Å². The molecule has 1 heterocycles. The van der Waals surface area contributed by atoms with E-state index in [0.717, 1.165) is 0 Å². The van der Waals surface area contributed by atoms with Crippen LogP contribution < -0.4 is 9.47 Å². The number of carbonyl (C=O) groups is 1. The number of aliphatic carboxylic acids is 1. The average Bonchev–Trinajstić information content (AvgIpc) is 3.37. The molecule has 0 amide bonds. The average molecular weight is 578 g/mol. The predicted octanol–water partition coefficient (Wildman–Crippen LogP) is 5.99. The lowest BCUT2D eigenvalue weighted by Crippen LogP contribution is -2.31. The summed E-state index contributed by atoms with van der Waals surface area (Å²) in [6.45, 7) is 10.2. The summed E-state index contributed by atoms with van der Waals surface area (Å²) in [6.07, 6.45) is 0.446. The number of hydrogen-bond acceptors (Lipinski definition) is 8. The van der Waals surface area contributed by atoms with Gasteiger partial charge in [0.15, 0.2) is 5.88 Å². The third-order valence-corrected chi connectivity index (χ3v) is 7.13. The first-order valence-electron chi connectivity index (χ1n) is 13.9. The van der Waals surface area contributed by atoms with E-state index < -0.39 is 23.0 Å². The number of nitro benzene ring substituents is 1. The van der Waals surface area contributed by atoms with Crippen molar-refractivity contribution in [2.45, 2.75) is 39.5 Å². The van der Waals surface area contributed by atoms with E-state index >= 15 is 0 Å². The van der Waals surface area contributed by atoms with Gasteiger partial charge in [0.25, 0.3) is 5.69 Å². The topological polar surface area (TPSA) is 115 Å². The zero-order chi connectivity index (χ0) is 30.6. The summed E-state index contributed by atoms with van der Waals surface area (Å²) in [5.74, 6) is 0.212. The molecule has 0 unspecified atom stereocenters. The first-order chi connectivity index (χ1) is 20.3. The van der Waals surface area contributed by atoms with Gasteiger partial charge in [-0.3, -0.25) is 10.1 Å². The Bertz CT molecular complexity index is 1350. The van der Waals surface area contributed by atoms with E-state index in [9.17, 15) is 20.0 Å². The Labute approximate surface area is 246 Å². The molecule has 1 aliphatic heterocycles. The summed E-state index contributed by atoms with van der Waals surface area (Å²) in [6, 6.07) is 20.0. The van der Waals surface area contributed by atoms with Crippen LogP contribution in [0.15, 0.2) is 78.7 Å². The van der Waals surface area contributed by atoms with E-state index in [1.165, 1.54) is 32.8 Å². The normalized spacial score (nSPS) is 16.9. The van der Waals surface area contributed by atoms with E-state index in [-0.39, 0.29) is 18.1 Å². The standard InChI is InChI=1S/C26H24N2O7.C6H15N/c1-33-20-13-12-18(22(15-20)34-2)14-23-27(16-19-10-6-7-11-21(19)28(31)32)24(25(35-23)26(29)30)17-8-4-3-5-9-17;1-4-7(5-2)6-3/h3-15,24-25H,16H2,1-2H3,(H,29,30);4-6H2,1-3H3/b23-14-;/t24-,25+;/m0./s1. The number of nitro groups is 1. The van der Waals surface area contributed by atoms with Crippen molar-refractivity contribution in [2.75, 3.05) is 33.9 Å². The number of rotatable bonds is 11. The second-order valence-electron chi connectivity index (χ2n) is 9.46. The smallest absolute Gasteiger partial charge is 0.347 e. The van der Waals surface area contributed by atoms with Gasteiger partial charge in [0.05, 0.1) is 25.7 Å². The monoisotopic (exact) mass is 577 g/mol. The SMILES string of the molecule is CCN(CC)CC.COc1ccc(/C=C2\O[C@@H](C(=O)O)[C@H](c3ccccc3)N2Cc2ccccc2[N+](=O)[O-])c(OC)c1. The summed E-state index contributed by atoms with van der Waals surface area (Å²) in [5, 5.41) is 21.7. The highest BCUT2D eigenvalue weighted by atomic mass is 16.6. The first kappa shape index (κ1) is 32.0. The van der Waals surface area contributed by atoms with Gasteiger partial charge in [0.2, 0.25) is 6.10 Å². The fraction of sp³-hybridized carbons (Fsp3) is 0.344. The fourth-order valence-electron chi connectivity index (χ4n) is 4.79. The molecule has 42 heavy (non-hydrogen) atoms. The molecule has 1 aliphatic rings. The maximum atomic E-state index is 12.2. The molecule has 2 atom stereocenters. The lowest BCUT2D eigenvalue weighted by atomic mass is 10.00. The van der Waals surface area contributed by atoms with Crippen LogP contribution in [-0.4, -0.2) is 65.8 Å². The highest BCUT2D eigenvalue weighted by molar-refractivity contribution is 5.75. The number of ether oxygens (including phenoxy) is 3. The van der Waals surface area contributed by atoms with Crippen molar-refractivity contribution in [3.8, 4) is 11.5 Å². The van der Waals surface area contributed by atoms with Crippen molar-refractivity contribution in [3.63, 3.8) is 0 Å². The van der Waals surface area contributed by atoms with Crippen molar-refractivity contribution in [3.05, 3.63) is 105 Å². The Hall–Kier alpha value is -4.57. The van der Waals surface area contributed by atoms with Crippen LogP contribution in [0.3, 0.4) is 0 Å². The molecule has 10 nitrogen and oxygen atoms in total. The molecule has 1 fully saturated rings. The third kappa shape index (κ3) is 7.79. The van der Waals surface area contributed by atoms with E-state index in [1.807, 2.05) is 30.3 Å². The number of nitrogens with zero attached hydrogens (tertiary/aromatic N) is 3. The Balaban J connectivity index is 0.000000616. The van der Waals surface area contributed by atoms with Gasteiger partial charge in [0.1, 0.15) is 17.5 Å². The number of carboxylic acids is 1. The van der Waals surface area contributed by atoms with E-state index in [4.69, 9.17) is 14.2 Å². The van der Waals surface area contributed by atoms with E-state index in [0.29, 0.717) is 28.2 Å². The molecule has 1 saturated heterocycles. The Morgan fingerprint density at radius 2 is 1.64 bits per heavy atom. The van der Waals surface area contributed by atoms with Crippen LogP contribution in [0.2, 0.25) is 0 Å². The summed E-state index contributed by atoms with van der Waals surface area (Å²) < 4.78 is 16.7. The number of hydrogen-bond donors (Lipinski definition) is 1. The third-order valence-electron chi connectivity index (χ3n) is 7.13. The molecule has 3 aromatic carbocycles. The second-order valence-corrected chi connectivity index (χ2v) is 9.46. The molecule has 0 bridgehead atoms. The van der Waals surface area contributed by atoms with Crippen LogP contribution in [0, 0.1) is 10.1 Å². The summed E-state index contributed by atoms with van der Waals surface area (Å²) in [5.41, 5.74) is 1.72. The number of methoxy groups -OCH3 is 2. The van der Waals surface area contributed by atoms with Crippen LogP contribution in [-0.2, 0) is 16.1 Å². The Morgan fingerprint density at radius 3 is 2.19 bits per heavy atom. The van der Waals surface area contributed by atoms with Gasteiger partial charge in [-0.1, -0.05) is 69.3 Å². The maximum absolute atomic E-state index is 12.2. The summed E-state index contributed by atoms with van der Waals surface area (Å²) in [4.78, 5) is 27.6. The molecular formula is C32H39N3O7. The van der Waals surface area contributed by atoms with Crippen molar-refractivity contribution in [2.24, 2.45) is 0 Å². The van der Waals surface area contributed by atoms with Gasteiger partial charge < -0.3 is 29.1 Å². The molecule has 0 radical (unpaired) electrons. The molecule has 0 aliphatic carbocycles. The molecule has 0 spiro atoms. The van der Waals surface area contributed by atoms with E-state index in [1.54, 1.807) is 54.5 Å². The molecule has 4 rings (SSSR count). The number of carboxylic acid groups (broad SMARTS) is 1. The van der Waals surface area contributed by atoms with Crippen LogP contribution >= 0.6 is 0 Å². The molecule has 1 N–H and O–H groups in total. The quantitative estimate of drug-likeness (QED) is 0.217. The molecule has 3 aromatic rings. The van der Waals surface area contributed by atoms with Gasteiger partial charge in [0, 0.05) is 29.3 Å². The number of benzene rings is 3. The molecule has 10 heteroatoms. The zero-order valence-electron chi connectivity index (χ0n) is 24.7. The van der Waals surface area contributed by atoms with Crippen LogP contribution in [0.1, 0.15) is 43.5 Å². The summed E-state index contributed by atoms with van der Waals surface area (Å²) in [7, 11) is 3.06. The minimum Gasteiger partial charge on any atom is -0.497 e. The Kier molecular flexibility index (Phi) is 11.7. The van der Waals surface area contributed by atoms with Gasteiger partial charge in [-0.05, 0) is 37.3 Å². The minimum absolute atomic E-state index is 0.0561. The maximum Gasteiger partial charge on any atom is 0.347 e. The molecule has 0 aromatic heterocycles. The van der Waals surface area contributed by atoms with Gasteiger partial charge >= 0.3 is 5.97 Å². The zero-order valence-corrected chi connectivity index (χ0v) is 24.7. The van der Waals surface area contributed by atoms with Crippen molar-refractivity contribution >= 4 is 17.7 Å². The highest BCUT2D eigenvalue weighted by Gasteiger charge is 2.45. The molecule has 0 saturated carbocycles. The fourth-order valence-corrected chi connectivity index (χ4v) is 4.79. The first-order valence-corrected chi connectivity index (χ1v) is 13.9. The van der Waals surface area contributed by atoms with Crippen molar-refractivity contribution in [1.82, 2.24) is 9.80 Å².